The first-order valence-electron chi connectivity index (χ1n) is 9.68. The maximum atomic E-state index is 12.6. The van der Waals surface area contributed by atoms with E-state index in [1.807, 2.05) is 29.7 Å². The van der Waals surface area contributed by atoms with Crippen LogP contribution in [0.4, 0.5) is 5.69 Å². The van der Waals surface area contributed by atoms with Crippen LogP contribution in [0, 0.1) is 6.92 Å². The highest BCUT2D eigenvalue weighted by molar-refractivity contribution is 7.99. The van der Waals surface area contributed by atoms with Gasteiger partial charge in [0.15, 0.2) is 16.3 Å². The quantitative estimate of drug-likeness (QED) is 0.555. The summed E-state index contributed by atoms with van der Waals surface area (Å²) in [5.74, 6) is 0.533. The van der Waals surface area contributed by atoms with Gasteiger partial charge in [-0.25, -0.2) is 9.97 Å². The average molecular weight is 430 g/mol. The predicted octanol–water partition coefficient (Wildman–Crippen LogP) is 2.35. The minimum absolute atomic E-state index is 0.0493. The van der Waals surface area contributed by atoms with E-state index in [9.17, 15) is 9.59 Å². The van der Waals surface area contributed by atoms with Crippen LogP contribution in [-0.2, 0) is 16.1 Å². The molecular formula is C20H23N5O4S. The minimum atomic E-state index is -0.304. The number of fused-ring (bicyclic) bond motifs is 1. The van der Waals surface area contributed by atoms with Crippen molar-refractivity contribution in [3.8, 4) is 5.75 Å². The molecule has 10 heteroatoms. The maximum Gasteiger partial charge on any atom is 0.278 e. The Hall–Kier alpha value is -2.85. The molecule has 30 heavy (non-hydrogen) atoms. The summed E-state index contributed by atoms with van der Waals surface area (Å²) < 4.78 is 12.9. The van der Waals surface area contributed by atoms with E-state index < -0.39 is 0 Å². The van der Waals surface area contributed by atoms with Crippen molar-refractivity contribution in [1.29, 1.82) is 0 Å². The molecule has 0 spiro atoms. The van der Waals surface area contributed by atoms with Crippen LogP contribution in [0.5, 0.6) is 5.75 Å². The molecule has 1 aromatic carbocycles. The number of hydrogen-bond donors (Lipinski definition) is 2. The zero-order valence-corrected chi connectivity index (χ0v) is 17.6. The highest BCUT2D eigenvalue weighted by Crippen LogP contribution is 2.27. The molecule has 2 aromatic heterocycles. The predicted molar refractivity (Wildman–Crippen MR) is 114 cm³/mol. The second-order valence-electron chi connectivity index (χ2n) is 7.08. The van der Waals surface area contributed by atoms with Gasteiger partial charge in [0.25, 0.3) is 5.56 Å². The molecule has 9 nitrogen and oxygen atoms in total. The second-order valence-corrected chi connectivity index (χ2v) is 8.03. The molecule has 0 aliphatic carbocycles. The number of rotatable bonds is 7. The Balaban J connectivity index is 1.53. The second kappa shape index (κ2) is 8.88. The first-order valence-corrected chi connectivity index (χ1v) is 10.7. The third-order valence-corrected chi connectivity index (χ3v) is 5.85. The first kappa shape index (κ1) is 20.4. The summed E-state index contributed by atoms with van der Waals surface area (Å²) in [6, 6.07) is 5.59. The zero-order valence-electron chi connectivity index (χ0n) is 16.8. The van der Waals surface area contributed by atoms with Crippen molar-refractivity contribution < 1.29 is 14.3 Å². The Labute approximate surface area is 177 Å². The molecule has 1 amide bonds. The zero-order chi connectivity index (χ0) is 21.1. The van der Waals surface area contributed by atoms with Crippen LogP contribution in [0.3, 0.4) is 0 Å². The van der Waals surface area contributed by atoms with Crippen LogP contribution >= 0.6 is 11.8 Å². The number of thioether (sulfide) groups is 1. The van der Waals surface area contributed by atoms with Gasteiger partial charge in [-0.1, -0.05) is 17.8 Å². The summed E-state index contributed by atoms with van der Waals surface area (Å²) in [4.78, 5) is 36.0. The Morgan fingerprint density at radius 2 is 2.33 bits per heavy atom. The van der Waals surface area contributed by atoms with Gasteiger partial charge in [0.05, 0.1) is 37.5 Å². The molecule has 0 bridgehead atoms. The lowest BCUT2D eigenvalue weighted by molar-refractivity contribution is -0.113. The van der Waals surface area contributed by atoms with Crippen LogP contribution in [-0.4, -0.2) is 51.0 Å². The molecule has 158 valence electrons. The van der Waals surface area contributed by atoms with Gasteiger partial charge in [-0.15, -0.1) is 0 Å². The summed E-state index contributed by atoms with van der Waals surface area (Å²) in [5.41, 5.74) is 2.09. The van der Waals surface area contributed by atoms with Gasteiger partial charge < -0.3 is 24.3 Å². The Morgan fingerprint density at radius 1 is 1.47 bits per heavy atom. The van der Waals surface area contributed by atoms with Crippen LogP contribution < -0.4 is 15.6 Å². The van der Waals surface area contributed by atoms with E-state index in [1.54, 1.807) is 7.11 Å². The van der Waals surface area contributed by atoms with Crippen LogP contribution in [0.1, 0.15) is 18.4 Å². The molecular weight excluding hydrogens is 406 g/mol. The lowest BCUT2D eigenvalue weighted by Crippen LogP contribution is -2.18. The number of hydrogen-bond acceptors (Lipinski definition) is 7. The van der Waals surface area contributed by atoms with Crippen LogP contribution in [0.15, 0.2) is 34.5 Å². The van der Waals surface area contributed by atoms with E-state index in [1.165, 1.54) is 18.1 Å². The summed E-state index contributed by atoms with van der Waals surface area (Å²) in [6.07, 6.45) is 3.37. The highest BCUT2D eigenvalue weighted by atomic mass is 32.2. The largest absolute Gasteiger partial charge is 0.495 e. The number of aromatic nitrogens is 4. The standard InChI is InChI=1S/C20H23N5O4S/c1-12-5-6-15(28-2)14(8-12)23-16(26)10-30-20-24-17-18(21-11-22-19(17)27)25(20)9-13-4-3-7-29-13/h5-6,8,11,13H,3-4,7,9-10H2,1-2H3,(H,23,26)(H,21,22,27). The number of nitrogens with one attached hydrogen (secondary N) is 2. The van der Waals surface area contributed by atoms with Gasteiger partial charge in [0.1, 0.15) is 5.75 Å². The van der Waals surface area contributed by atoms with Gasteiger partial charge >= 0.3 is 0 Å². The third kappa shape index (κ3) is 4.34. The number of amides is 1. The Morgan fingerprint density at radius 3 is 3.10 bits per heavy atom. The number of methoxy groups -OCH3 is 1. The van der Waals surface area contributed by atoms with Gasteiger partial charge in [-0.05, 0) is 37.5 Å². The fourth-order valence-electron chi connectivity index (χ4n) is 3.43. The molecule has 3 heterocycles. The van der Waals surface area contributed by atoms with Gasteiger partial charge in [-0.2, -0.15) is 0 Å². The van der Waals surface area contributed by atoms with Crippen LogP contribution in [0.25, 0.3) is 11.2 Å². The lowest BCUT2D eigenvalue weighted by atomic mass is 10.2. The number of anilines is 1. The van der Waals surface area contributed by atoms with Gasteiger partial charge in [0, 0.05) is 6.61 Å². The van der Waals surface area contributed by atoms with Gasteiger partial charge in [0.2, 0.25) is 5.91 Å². The SMILES string of the molecule is COc1ccc(C)cc1NC(=O)CSc1nc2c(=O)[nH]cnc2n1CC1CCCO1. The molecule has 1 unspecified atom stereocenters. The number of aromatic amines is 1. The number of aryl methyl sites for hydroxylation is 1. The first-order chi connectivity index (χ1) is 14.5. The molecule has 1 aliphatic rings. The molecule has 1 fully saturated rings. The number of nitrogens with zero attached hydrogens (tertiary/aromatic N) is 3. The fourth-order valence-corrected chi connectivity index (χ4v) is 4.24. The molecule has 3 aromatic rings. The van der Waals surface area contributed by atoms with E-state index >= 15 is 0 Å². The Kier molecular flexibility index (Phi) is 6.05. The third-order valence-electron chi connectivity index (χ3n) is 4.88. The molecule has 2 N–H and O–H groups in total. The topological polar surface area (TPSA) is 111 Å². The van der Waals surface area contributed by atoms with Crippen molar-refractivity contribution in [3.63, 3.8) is 0 Å². The van der Waals surface area contributed by atoms with Crippen molar-refractivity contribution in [2.45, 2.75) is 37.6 Å². The fraction of sp³-hybridized carbons (Fsp3) is 0.400. The van der Waals surface area contributed by atoms with E-state index in [4.69, 9.17) is 9.47 Å². The molecule has 1 atom stereocenters. The maximum absolute atomic E-state index is 12.6. The monoisotopic (exact) mass is 429 g/mol. The summed E-state index contributed by atoms with van der Waals surface area (Å²) in [5, 5.41) is 3.45. The Bertz CT molecular complexity index is 1120. The molecule has 1 saturated heterocycles. The van der Waals surface area contributed by atoms with E-state index in [0.717, 1.165) is 25.0 Å². The van der Waals surface area contributed by atoms with E-state index in [2.05, 4.69) is 20.3 Å². The number of benzene rings is 1. The van der Waals surface area contributed by atoms with Crippen molar-refractivity contribution in [1.82, 2.24) is 19.5 Å². The molecule has 1 aliphatic heterocycles. The van der Waals surface area contributed by atoms with Crippen molar-refractivity contribution in [2.24, 2.45) is 0 Å². The highest BCUT2D eigenvalue weighted by Gasteiger charge is 2.22. The number of H-pyrrole nitrogens is 1. The van der Waals surface area contributed by atoms with Crippen molar-refractivity contribution in [2.75, 3.05) is 24.8 Å². The summed E-state index contributed by atoms with van der Waals surface area (Å²) >= 11 is 1.26. The minimum Gasteiger partial charge on any atom is -0.495 e. The van der Waals surface area contributed by atoms with Crippen molar-refractivity contribution >= 4 is 34.5 Å². The normalized spacial score (nSPS) is 16.1. The number of imidazole rings is 1. The van der Waals surface area contributed by atoms with E-state index in [0.29, 0.717) is 28.8 Å². The molecule has 0 saturated carbocycles. The number of ether oxygens (including phenoxy) is 2. The van der Waals surface area contributed by atoms with Gasteiger partial charge in [-0.3, -0.25) is 9.59 Å². The number of carbonyl (C=O) groups excluding carboxylic acids is 1. The summed E-state index contributed by atoms with van der Waals surface area (Å²) in [6.45, 7) is 3.22. The molecule has 0 radical (unpaired) electrons. The smallest absolute Gasteiger partial charge is 0.278 e. The van der Waals surface area contributed by atoms with E-state index in [-0.39, 0.29) is 28.8 Å². The average Bonchev–Trinajstić information content (AvgIpc) is 3.36. The summed E-state index contributed by atoms with van der Waals surface area (Å²) in [7, 11) is 1.56. The van der Waals surface area contributed by atoms with Crippen molar-refractivity contribution in [3.05, 3.63) is 40.4 Å². The molecule has 4 rings (SSSR count). The lowest BCUT2D eigenvalue weighted by Gasteiger charge is -2.13. The van der Waals surface area contributed by atoms with Crippen LogP contribution in [0.2, 0.25) is 0 Å². The number of carbonyl (C=O) groups is 1.